The second-order valence-electron chi connectivity index (χ2n) is 5.12. The number of furan rings is 1. The van der Waals surface area contributed by atoms with Crippen molar-refractivity contribution in [3.63, 3.8) is 0 Å². The van der Waals surface area contributed by atoms with E-state index in [-0.39, 0.29) is 23.5 Å². The number of carbonyl (C=O) groups excluding carboxylic acids is 1. The predicted molar refractivity (Wildman–Crippen MR) is 84.2 cm³/mol. The normalized spacial score (nSPS) is 11.9. The Morgan fingerprint density at radius 3 is 2.61 bits per heavy atom. The van der Waals surface area contributed by atoms with Gasteiger partial charge in [0.05, 0.1) is 11.7 Å². The number of aromatic nitrogens is 1. The first-order valence-corrected chi connectivity index (χ1v) is 7.21. The molecule has 2 aromatic heterocycles. The maximum atomic E-state index is 12.9. The molecule has 5 heteroatoms. The maximum Gasteiger partial charge on any atom is 0.287 e. The van der Waals surface area contributed by atoms with Crippen LogP contribution in [0.15, 0.2) is 65.2 Å². The fourth-order valence-corrected chi connectivity index (χ4v) is 2.20. The fourth-order valence-electron chi connectivity index (χ4n) is 2.20. The number of rotatable bonds is 4. The van der Waals surface area contributed by atoms with Crippen molar-refractivity contribution in [2.45, 2.75) is 13.0 Å². The summed E-state index contributed by atoms with van der Waals surface area (Å²) in [5.74, 6) is 0.0757. The molecule has 0 aliphatic heterocycles. The maximum absolute atomic E-state index is 12.9. The standard InChI is InChI=1S/C18H15FN2O2/c1-12(15-4-2-3-11-20-15)21-18(22)17-10-9-16(23-17)13-5-7-14(19)8-6-13/h2-12H,1H3,(H,21,22). The smallest absolute Gasteiger partial charge is 0.287 e. The van der Waals surface area contributed by atoms with E-state index in [2.05, 4.69) is 10.3 Å². The molecule has 1 amide bonds. The van der Waals surface area contributed by atoms with E-state index in [0.29, 0.717) is 11.3 Å². The van der Waals surface area contributed by atoms with Gasteiger partial charge in [0.25, 0.3) is 5.91 Å². The fraction of sp³-hybridized carbons (Fsp3) is 0.111. The minimum atomic E-state index is -0.323. The van der Waals surface area contributed by atoms with Crippen LogP contribution in [0.3, 0.4) is 0 Å². The van der Waals surface area contributed by atoms with Crippen LogP contribution in [-0.2, 0) is 0 Å². The summed E-state index contributed by atoms with van der Waals surface area (Å²) in [7, 11) is 0. The minimum Gasteiger partial charge on any atom is -0.451 e. The van der Waals surface area contributed by atoms with Crippen molar-refractivity contribution in [3.05, 3.63) is 78.1 Å². The Bertz CT molecular complexity index is 797. The Morgan fingerprint density at radius 2 is 1.91 bits per heavy atom. The highest BCUT2D eigenvalue weighted by Crippen LogP contribution is 2.22. The molecule has 0 saturated carbocycles. The van der Waals surface area contributed by atoms with Crippen LogP contribution < -0.4 is 5.32 Å². The van der Waals surface area contributed by atoms with E-state index in [0.717, 1.165) is 5.69 Å². The highest BCUT2D eigenvalue weighted by atomic mass is 19.1. The third-order valence-electron chi connectivity index (χ3n) is 3.44. The van der Waals surface area contributed by atoms with Crippen molar-refractivity contribution in [2.24, 2.45) is 0 Å². The largest absolute Gasteiger partial charge is 0.451 e. The molecule has 1 atom stereocenters. The second-order valence-corrected chi connectivity index (χ2v) is 5.12. The van der Waals surface area contributed by atoms with Crippen molar-refractivity contribution in [1.29, 1.82) is 0 Å². The number of hydrogen-bond donors (Lipinski definition) is 1. The molecule has 0 bridgehead atoms. The lowest BCUT2D eigenvalue weighted by molar-refractivity contribution is 0.0912. The molecule has 0 fully saturated rings. The molecule has 0 aliphatic rings. The molecule has 1 aromatic carbocycles. The van der Waals surface area contributed by atoms with Crippen LogP contribution in [0.4, 0.5) is 4.39 Å². The zero-order valence-electron chi connectivity index (χ0n) is 12.5. The molecule has 0 aliphatic carbocycles. The summed E-state index contributed by atoms with van der Waals surface area (Å²) in [6.45, 7) is 1.85. The highest BCUT2D eigenvalue weighted by molar-refractivity contribution is 5.92. The lowest BCUT2D eigenvalue weighted by atomic mass is 10.2. The van der Waals surface area contributed by atoms with Gasteiger partial charge >= 0.3 is 0 Å². The predicted octanol–water partition coefficient (Wildman–Crippen LogP) is 3.97. The molecule has 3 aromatic rings. The van der Waals surface area contributed by atoms with Crippen molar-refractivity contribution in [3.8, 4) is 11.3 Å². The van der Waals surface area contributed by atoms with Crippen LogP contribution in [0.1, 0.15) is 29.2 Å². The summed E-state index contributed by atoms with van der Waals surface area (Å²) in [6.07, 6.45) is 1.68. The average molecular weight is 310 g/mol. The lowest BCUT2D eigenvalue weighted by Gasteiger charge is -2.11. The summed E-state index contributed by atoms with van der Waals surface area (Å²) < 4.78 is 18.5. The van der Waals surface area contributed by atoms with Gasteiger partial charge in [-0.05, 0) is 55.5 Å². The van der Waals surface area contributed by atoms with Crippen LogP contribution in [0.2, 0.25) is 0 Å². The van der Waals surface area contributed by atoms with Crippen LogP contribution >= 0.6 is 0 Å². The molecule has 3 rings (SSSR count). The number of nitrogens with zero attached hydrogens (tertiary/aromatic N) is 1. The van der Waals surface area contributed by atoms with Gasteiger partial charge in [-0.2, -0.15) is 0 Å². The van der Waals surface area contributed by atoms with Crippen molar-refractivity contribution in [2.75, 3.05) is 0 Å². The van der Waals surface area contributed by atoms with Crippen molar-refractivity contribution >= 4 is 5.91 Å². The molecule has 1 N–H and O–H groups in total. The summed E-state index contributed by atoms with van der Waals surface area (Å²) in [5.41, 5.74) is 1.48. The summed E-state index contributed by atoms with van der Waals surface area (Å²) in [4.78, 5) is 16.4. The second kappa shape index (κ2) is 6.44. The number of pyridine rings is 1. The zero-order valence-corrected chi connectivity index (χ0v) is 12.5. The Balaban J connectivity index is 1.72. The Kier molecular flexibility index (Phi) is 4.19. The number of nitrogens with one attached hydrogen (secondary N) is 1. The molecule has 0 saturated heterocycles. The quantitative estimate of drug-likeness (QED) is 0.793. The number of carbonyl (C=O) groups is 1. The number of amides is 1. The van der Waals surface area contributed by atoms with E-state index in [4.69, 9.17) is 4.42 Å². The molecule has 4 nitrogen and oxygen atoms in total. The van der Waals surface area contributed by atoms with E-state index < -0.39 is 0 Å². The third kappa shape index (κ3) is 3.45. The van der Waals surface area contributed by atoms with E-state index in [9.17, 15) is 9.18 Å². The highest BCUT2D eigenvalue weighted by Gasteiger charge is 2.16. The minimum absolute atomic E-state index is 0.201. The number of halogens is 1. The molecule has 2 heterocycles. The Labute approximate surface area is 133 Å². The van der Waals surface area contributed by atoms with E-state index in [1.54, 1.807) is 30.5 Å². The van der Waals surface area contributed by atoms with Crippen molar-refractivity contribution in [1.82, 2.24) is 10.3 Å². The summed E-state index contributed by atoms with van der Waals surface area (Å²) in [5, 5.41) is 2.83. The number of benzene rings is 1. The van der Waals surface area contributed by atoms with Gasteiger partial charge in [-0.3, -0.25) is 9.78 Å². The summed E-state index contributed by atoms with van der Waals surface area (Å²) >= 11 is 0. The van der Waals surface area contributed by atoms with Crippen LogP contribution in [0, 0.1) is 5.82 Å². The van der Waals surface area contributed by atoms with Crippen molar-refractivity contribution < 1.29 is 13.6 Å². The van der Waals surface area contributed by atoms with Gasteiger partial charge in [0.2, 0.25) is 0 Å². The molecule has 1 unspecified atom stereocenters. The molecule has 0 spiro atoms. The molecular weight excluding hydrogens is 295 g/mol. The Hall–Kier alpha value is -2.95. The Morgan fingerprint density at radius 1 is 1.13 bits per heavy atom. The average Bonchev–Trinajstić information content (AvgIpc) is 3.06. The molecular formula is C18H15FN2O2. The van der Waals surface area contributed by atoms with E-state index in [1.165, 1.54) is 12.1 Å². The van der Waals surface area contributed by atoms with Gasteiger partial charge < -0.3 is 9.73 Å². The first-order chi connectivity index (χ1) is 11.1. The molecule has 23 heavy (non-hydrogen) atoms. The lowest BCUT2D eigenvalue weighted by Crippen LogP contribution is -2.26. The zero-order chi connectivity index (χ0) is 16.2. The topological polar surface area (TPSA) is 55.1 Å². The van der Waals surface area contributed by atoms with Gasteiger partial charge in [0, 0.05) is 11.8 Å². The van der Waals surface area contributed by atoms with Gasteiger partial charge in [0.15, 0.2) is 5.76 Å². The van der Waals surface area contributed by atoms with E-state index >= 15 is 0 Å². The van der Waals surface area contributed by atoms with Crippen LogP contribution in [0.25, 0.3) is 11.3 Å². The monoisotopic (exact) mass is 310 g/mol. The summed E-state index contributed by atoms with van der Waals surface area (Å²) in [6, 6.07) is 14.5. The van der Waals surface area contributed by atoms with Gasteiger partial charge in [-0.15, -0.1) is 0 Å². The van der Waals surface area contributed by atoms with Gasteiger partial charge in [-0.1, -0.05) is 6.07 Å². The first kappa shape index (κ1) is 15.0. The third-order valence-corrected chi connectivity index (χ3v) is 3.44. The number of hydrogen-bond acceptors (Lipinski definition) is 3. The van der Waals surface area contributed by atoms with E-state index in [1.807, 2.05) is 25.1 Å². The van der Waals surface area contributed by atoms with Gasteiger partial charge in [-0.25, -0.2) is 4.39 Å². The van der Waals surface area contributed by atoms with Gasteiger partial charge in [0.1, 0.15) is 11.6 Å². The van der Waals surface area contributed by atoms with Crippen LogP contribution in [0.5, 0.6) is 0 Å². The SMILES string of the molecule is CC(NC(=O)c1ccc(-c2ccc(F)cc2)o1)c1ccccn1. The molecule has 0 radical (unpaired) electrons. The van der Waals surface area contributed by atoms with Crippen LogP contribution in [-0.4, -0.2) is 10.9 Å². The first-order valence-electron chi connectivity index (χ1n) is 7.21. The molecule has 116 valence electrons.